The van der Waals surface area contributed by atoms with Crippen molar-refractivity contribution in [2.75, 3.05) is 0 Å². The average Bonchev–Trinajstić information content (AvgIpc) is 2.46. The van der Waals surface area contributed by atoms with E-state index in [-0.39, 0.29) is 12.6 Å². The molecule has 2 aromatic carbocycles. The second-order valence-electron chi connectivity index (χ2n) is 4.07. The van der Waals surface area contributed by atoms with Gasteiger partial charge in [0.15, 0.2) is 0 Å². The molecule has 4 heteroatoms. The van der Waals surface area contributed by atoms with Gasteiger partial charge in [0.1, 0.15) is 6.61 Å². The normalized spacial score (nSPS) is 10.2. The van der Waals surface area contributed by atoms with E-state index >= 15 is 0 Å². The van der Waals surface area contributed by atoms with Gasteiger partial charge in [-0.1, -0.05) is 46.3 Å². The largest absolute Gasteiger partial charge is 0.457 e. The smallest absolute Gasteiger partial charge is 0.338 e. The number of nitrogens with two attached hydrogens (primary N) is 1. The van der Waals surface area contributed by atoms with Gasteiger partial charge in [-0.15, -0.1) is 0 Å². The van der Waals surface area contributed by atoms with E-state index < -0.39 is 0 Å². The van der Waals surface area contributed by atoms with E-state index in [4.69, 9.17) is 10.5 Å². The molecule has 2 N–H and O–H groups in total. The van der Waals surface area contributed by atoms with Crippen molar-refractivity contribution < 1.29 is 9.53 Å². The van der Waals surface area contributed by atoms with Crippen molar-refractivity contribution in [2.24, 2.45) is 5.73 Å². The van der Waals surface area contributed by atoms with Crippen LogP contribution in [0.4, 0.5) is 0 Å². The number of benzene rings is 2. The Balaban J connectivity index is 1.99. The van der Waals surface area contributed by atoms with Gasteiger partial charge < -0.3 is 10.5 Å². The van der Waals surface area contributed by atoms with Crippen LogP contribution < -0.4 is 5.73 Å². The fourth-order valence-electron chi connectivity index (χ4n) is 1.62. The van der Waals surface area contributed by atoms with Gasteiger partial charge in [0, 0.05) is 16.6 Å². The molecular formula is C15H14BrNO2. The lowest BCUT2D eigenvalue weighted by atomic mass is 10.1. The molecule has 2 aromatic rings. The van der Waals surface area contributed by atoms with E-state index in [1.165, 1.54) is 0 Å². The SMILES string of the molecule is NCc1ccc(C(=O)OCc2ccccc2Br)cc1. The summed E-state index contributed by atoms with van der Waals surface area (Å²) < 4.78 is 6.20. The zero-order valence-corrected chi connectivity index (χ0v) is 11.9. The lowest BCUT2D eigenvalue weighted by molar-refractivity contribution is 0.0472. The van der Waals surface area contributed by atoms with Crippen molar-refractivity contribution in [3.63, 3.8) is 0 Å². The zero-order valence-electron chi connectivity index (χ0n) is 10.3. The number of hydrogen-bond donors (Lipinski definition) is 1. The second-order valence-corrected chi connectivity index (χ2v) is 4.92. The van der Waals surface area contributed by atoms with Crippen LogP contribution in [-0.4, -0.2) is 5.97 Å². The molecule has 0 aromatic heterocycles. The standard InChI is InChI=1S/C15H14BrNO2/c16-14-4-2-1-3-13(14)10-19-15(18)12-7-5-11(9-17)6-8-12/h1-8H,9-10,17H2. The average molecular weight is 320 g/mol. The summed E-state index contributed by atoms with van der Waals surface area (Å²) in [6, 6.07) is 14.8. The molecule has 0 saturated carbocycles. The zero-order chi connectivity index (χ0) is 13.7. The first kappa shape index (κ1) is 13.8. The molecule has 0 heterocycles. The molecule has 0 saturated heterocycles. The van der Waals surface area contributed by atoms with Crippen molar-refractivity contribution in [3.05, 3.63) is 69.7 Å². The molecule has 0 atom stereocenters. The van der Waals surface area contributed by atoms with E-state index in [1.807, 2.05) is 36.4 Å². The minimum absolute atomic E-state index is 0.249. The maximum atomic E-state index is 11.9. The third kappa shape index (κ3) is 3.66. The summed E-state index contributed by atoms with van der Waals surface area (Å²) in [7, 11) is 0. The Bertz CT molecular complexity index is 567. The molecule has 0 fully saturated rings. The van der Waals surface area contributed by atoms with Crippen LogP contribution in [0.5, 0.6) is 0 Å². The van der Waals surface area contributed by atoms with E-state index in [9.17, 15) is 4.79 Å². The predicted molar refractivity (Wildman–Crippen MR) is 77.6 cm³/mol. The third-order valence-electron chi connectivity index (χ3n) is 2.74. The highest BCUT2D eigenvalue weighted by atomic mass is 79.9. The van der Waals surface area contributed by atoms with Crippen molar-refractivity contribution in [3.8, 4) is 0 Å². The van der Waals surface area contributed by atoms with Gasteiger partial charge in [-0.2, -0.15) is 0 Å². The minimum Gasteiger partial charge on any atom is -0.457 e. The topological polar surface area (TPSA) is 52.3 Å². The number of carbonyl (C=O) groups is 1. The predicted octanol–water partition coefficient (Wildman–Crippen LogP) is 3.26. The number of halogens is 1. The molecule has 0 unspecified atom stereocenters. The van der Waals surface area contributed by atoms with E-state index in [0.29, 0.717) is 12.1 Å². The van der Waals surface area contributed by atoms with E-state index in [0.717, 1.165) is 15.6 Å². The molecule has 0 bridgehead atoms. The highest BCUT2D eigenvalue weighted by Crippen LogP contribution is 2.17. The molecular weight excluding hydrogens is 306 g/mol. The number of esters is 1. The Kier molecular flexibility index (Phi) is 4.71. The fourth-order valence-corrected chi connectivity index (χ4v) is 2.02. The van der Waals surface area contributed by atoms with Crippen LogP contribution in [0.2, 0.25) is 0 Å². The number of hydrogen-bond acceptors (Lipinski definition) is 3. The summed E-state index contributed by atoms with van der Waals surface area (Å²) in [5.74, 6) is -0.334. The Morgan fingerprint density at radius 1 is 1.11 bits per heavy atom. The lowest BCUT2D eigenvalue weighted by Gasteiger charge is -2.07. The molecule has 0 aliphatic rings. The first-order chi connectivity index (χ1) is 9.20. The van der Waals surface area contributed by atoms with Crippen molar-refractivity contribution in [1.82, 2.24) is 0 Å². The molecule has 0 spiro atoms. The van der Waals surface area contributed by atoms with Crippen LogP contribution in [0, 0.1) is 0 Å². The Morgan fingerprint density at radius 3 is 2.42 bits per heavy atom. The maximum absolute atomic E-state index is 11.9. The summed E-state index contributed by atoms with van der Waals surface area (Å²) >= 11 is 3.42. The van der Waals surface area contributed by atoms with E-state index in [1.54, 1.807) is 12.1 Å². The van der Waals surface area contributed by atoms with Gasteiger partial charge in [0.05, 0.1) is 5.56 Å². The van der Waals surface area contributed by atoms with Crippen LogP contribution >= 0.6 is 15.9 Å². The quantitative estimate of drug-likeness (QED) is 0.880. The van der Waals surface area contributed by atoms with Gasteiger partial charge >= 0.3 is 5.97 Å². The van der Waals surface area contributed by atoms with Gasteiger partial charge in [0.25, 0.3) is 0 Å². The van der Waals surface area contributed by atoms with Crippen LogP contribution in [-0.2, 0) is 17.9 Å². The van der Waals surface area contributed by atoms with Gasteiger partial charge in [-0.05, 0) is 23.8 Å². The minimum atomic E-state index is -0.334. The van der Waals surface area contributed by atoms with Crippen LogP contribution in [0.15, 0.2) is 53.0 Å². The van der Waals surface area contributed by atoms with Crippen LogP contribution in [0.3, 0.4) is 0 Å². The van der Waals surface area contributed by atoms with Gasteiger partial charge in [-0.25, -0.2) is 4.79 Å². The molecule has 0 aliphatic heterocycles. The maximum Gasteiger partial charge on any atom is 0.338 e. The highest BCUT2D eigenvalue weighted by Gasteiger charge is 2.08. The van der Waals surface area contributed by atoms with Crippen molar-refractivity contribution in [2.45, 2.75) is 13.2 Å². The number of carbonyl (C=O) groups excluding carboxylic acids is 1. The fraction of sp³-hybridized carbons (Fsp3) is 0.133. The number of rotatable bonds is 4. The summed E-state index contributed by atoms with van der Waals surface area (Å²) in [4.78, 5) is 11.9. The Morgan fingerprint density at radius 2 is 1.79 bits per heavy atom. The molecule has 19 heavy (non-hydrogen) atoms. The van der Waals surface area contributed by atoms with Gasteiger partial charge in [0.2, 0.25) is 0 Å². The lowest BCUT2D eigenvalue weighted by Crippen LogP contribution is -2.06. The molecule has 3 nitrogen and oxygen atoms in total. The monoisotopic (exact) mass is 319 g/mol. The highest BCUT2D eigenvalue weighted by molar-refractivity contribution is 9.10. The summed E-state index contributed by atoms with van der Waals surface area (Å²) in [6.07, 6.45) is 0. The molecule has 2 rings (SSSR count). The van der Waals surface area contributed by atoms with Crippen LogP contribution in [0.1, 0.15) is 21.5 Å². The molecule has 0 amide bonds. The third-order valence-corrected chi connectivity index (χ3v) is 3.52. The van der Waals surface area contributed by atoms with Crippen molar-refractivity contribution >= 4 is 21.9 Å². The van der Waals surface area contributed by atoms with Crippen molar-refractivity contribution in [1.29, 1.82) is 0 Å². The van der Waals surface area contributed by atoms with Crippen LogP contribution in [0.25, 0.3) is 0 Å². The second kappa shape index (κ2) is 6.50. The first-order valence-corrected chi connectivity index (χ1v) is 6.69. The first-order valence-electron chi connectivity index (χ1n) is 5.90. The Labute approximate surface area is 120 Å². The number of ether oxygens (including phenoxy) is 1. The van der Waals surface area contributed by atoms with E-state index in [2.05, 4.69) is 15.9 Å². The summed E-state index contributed by atoms with van der Waals surface area (Å²) in [5, 5.41) is 0. The Hall–Kier alpha value is -1.65. The molecule has 0 radical (unpaired) electrons. The molecule has 98 valence electrons. The molecule has 0 aliphatic carbocycles. The summed E-state index contributed by atoms with van der Waals surface area (Å²) in [6.45, 7) is 0.713. The van der Waals surface area contributed by atoms with Gasteiger partial charge in [-0.3, -0.25) is 0 Å². The summed E-state index contributed by atoms with van der Waals surface area (Å²) in [5.41, 5.74) is 7.97.